The molecule has 12 heterocycles. The Morgan fingerprint density at radius 2 is 0.453 bits per heavy atom. The topological polar surface area (TPSA) is 609 Å². The summed E-state index contributed by atoms with van der Waals surface area (Å²) in [6.45, 7) is 2.65. The third-order valence-electron chi connectivity index (χ3n) is 21.3. The summed E-state index contributed by atoms with van der Waals surface area (Å²) < 4.78 is 17.5. The Kier molecular flexibility index (Phi) is 31.5. The SMILES string of the molecule is CC(=O)Nc1cn(C)c(C(=O)Nc2cc(C(=O)Nc3cc(C(=O)NCCC(=O)Nc4cn(C)c(C(=O)Nc5cn(C)c(C(=O)Nc6cc(C(=O)NCCCC(=O)Nc7cn(C)c(C(=O)Nc8cc(C(=O)Nc9cc(C(=O)NCCC(=O)Nc%10cc(C(=O)Nc%11cc(C(=O)Nc%12cc(C(=O)NCCC(=O)NCCCN(C)C)n(C)c%12)n(C)c%11)n(C)c%10)n(C)c9)n(C)c8)n7)n(C)c6)n5)n4)n(C)c3)n(C)c2)n1. The highest BCUT2D eigenvalue weighted by atomic mass is 16.2. The van der Waals surface area contributed by atoms with Crippen molar-refractivity contribution in [1.82, 2.24) is 106 Å². The molecule has 12 aromatic rings. The third-order valence-corrected chi connectivity index (χ3v) is 21.3. The van der Waals surface area contributed by atoms with E-state index < -0.39 is 88.6 Å². The lowest BCUT2D eigenvalue weighted by Gasteiger charge is -2.10. The molecule has 0 aliphatic carbocycles. The van der Waals surface area contributed by atoms with Gasteiger partial charge in [-0.2, -0.15) is 0 Å². The predicted octanol–water partition coefficient (Wildman–Crippen LogP) is 3.16. The number of rotatable bonds is 41. The molecule has 17 N–H and O–H groups in total. The van der Waals surface area contributed by atoms with Gasteiger partial charge in [0.25, 0.3) is 70.9 Å². The van der Waals surface area contributed by atoms with Crippen molar-refractivity contribution < 1.29 is 81.5 Å². The first-order chi connectivity index (χ1) is 66.0. The van der Waals surface area contributed by atoms with E-state index in [1.54, 1.807) is 87.4 Å². The van der Waals surface area contributed by atoms with Crippen LogP contribution in [-0.4, -0.2) is 233 Å². The molecule has 139 heavy (non-hydrogen) atoms. The summed E-state index contributed by atoms with van der Waals surface area (Å²) >= 11 is 0. The van der Waals surface area contributed by atoms with Gasteiger partial charge in [0, 0.05) is 224 Å². The maximum atomic E-state index is 13.6. The molecule has 51 nitrogen and oxygen atoms in total. The van der Waals surface area contributed by atoms with Crippen LogP contribution in [-0.2, 0) is 109 Å². The number of hydrogen-bond acceptors (Lipinski definition) is 22. The number of nitrogens with zero attached hydrogens (tertiary/aromatic N) is 17. The molecular formula is C88H106N34O17. The van der Waals surface area contributed by atoms with Crippen molar-refractivity contribution in [1.29, 1.82) is 0 Å². The number of imidazole rings is 4. The van der Waals surface area contributed by atoms with Crippen LogP contribution in [0.2, 0.25) is 0 Å². The van der Waals surface area contributed by atoms with Gasteiger partial charge in [0.1, 0.15) is 45.6 Å². The Bertz CT molecular complexity index is 6820. The highest BCUT2D eigenvalue weighted by Gasteiger charge is 2.28. The summed E-state index contributed by atoms with van der Waals surface area (Å²) in [6.07, 6.45) is 18.5. The van der Waals surface area contributed by atoms with E-state index in [0.29, 0.717) is 29.3 Å². The van der Waals surface area contributed by atoms with Gasteiger partial charge in [-0.3, -0.25) is 81.5 Å². The van der Waals surface area contributed by atoms with E-state index >= 15 is 0 Å². The van der Waals surface area contributed by atoms with Crippen LogP contribution >= 0.6 is 0 Å². The summed E-state index contributed by atoms with van der Waals surface area (Å²) in [5.74, 6) is -9.12. The minimum atomic E-state index is -0.743. The molecule has 0 aliphatic rings. The number of amides is 17. The number of hydrogen-bond donors (Lipinski definition) is 17. The molecule has 12 aromatic heterocycles. The molecule has 0 radical (unpaired) electrons. The molecule has 730 valence electrons. The van der Waals surface area contributed by atoms with Crippen molar-refractivity contribution in [2.75, 3.05) is 117 Å². The van der Waals surface area contributed by atoms with Crippen LogP contribution in [0.25, 0.3) is 0 Å². The van der Waals surface area contributed by atoms with E-state index in [1.165, 1.54) is 182 Å². The summed E-state index contributed by atoms with van der Waals surface area (Å²) in [6, 6.07) is 11.6. The maximum absolute atomic E-state index is 13.6. The van der Waals surface area contributed by atoms with Crippen LogP contribution in [0.15, 0.2) is 123 Å². The van der Waals surface area contributed by atoms with Crippen molar-refractivity contribution in [2.24, 2.45) is 84.6 Å². The minimum absolute atomic E-state index is 0.0117. The van der Waals surface area contributed by atoms with Crippen LogP contribution in [0.3, 0.4) is 0 Å². The van der Waals surface area contributed by atoms with Crippen LogP contribution < -0.4 is 90.4 Å². The first-order valence-corrected chi connectivity index (χ1v) is 43.1. The Balaban J connectivity index is 0.517. The Labute approximate surface area is 792 Å². The molecule has 0 fully saturated rings. The number of nitrogens with one attached hydrogen (secondary N) is 17. The zero-order chi connectivity index (χ0) is 101. The van der Waals surface area contributed by atoms with E-state index in [1.807, 2.05) is 19.0 Å². The largest absolute Gasteiger partial charge is 0.356 e. The van der Waals surface area contributed by atoms with Gasteiger partial charge in [-0.15, -0.1) is 0 Å². The van der Waals surface area contributed by atoms with Crippen LogP contribution in [0, 0.1) is 0 Å². The third kappa shape index (κ3) is 25.9. The van der Waals surface area contributed by atoms with Crippen molar-refractivity contribution in [3.8, 4) is 0 Å². The molecule has 0 saturated carbocycles. The van der Waals surface area contributed by atoms with Gasteiger partial charge in [-0.05, 0) is 82.0 Å². The highest BCUT2D eigenvalue weighted by Crippen LogP contribution is 2.26. The van der Waals surface area contributed by atoms with Crippen LogP contribution in [0.4, 0.5) is 68.8 Å². The fraction of sp³-hybridized carbons (Fsp3) is 0.307. The van der Waals surface area contributed by atoms with Crippen molar-refractivity contribution in [2.45, 2.75) is 45.4 Å². The minimum Gasteiger partial charge on any atom is -0.356 e. The molecule has 17 amide bonds. The zero-order valence-electron chi connectivity index (χ0n) is 78.6. The van der Waals surface area contributed by atoms with Gasteiger partial charge in [0.2, 0.25) is 52.8 Å². The molecule has 0 aliphatic heterocycles. The number of aromatic nitrogens is 16. The smallest absolute Gasteiger partial charge is 0.292 e. The zero-order valence-corrected chi connectivity index (χ0v) is 78.6. The molecule has 0 aromatic carbocycles. The lowest BCUT2D eigenvalue weighted by molar-refractivity contribution is -0.121. The monoisotopic (exact) mass is 1910 g/mol. The Morgan fingerprint density at radius 3 is 0.741 bits per heavy atom. The summed E-state index contributed by atoms with van der Waals surface area (Å²) in [4.78, 5) is 242. The lowest BCUT2D eigenvalue weighted by Crippen LogP contribution is -2.32. The standard InChI is InChI=1S/C88H106N34O17/c1-48(123)94-65-44-119(12)73(105-65)85(136)101-55-34-63(117(10)42-55)83(134)98-52-31-60(113(6)39-52)80(131)93-26-21-72(127)104-67-46-121(14)76(107-67)88(139)109-68-47-122(15)75(108-68)87(138)100-54-32-57(114(7)41-54)77(128)90-22-16-18-70(125)103-66-45-120(13)74(106-66)86(137)102-56-35-64(118(11)43-56)84(135)97-51-30-59(112(5)38-51)79(130)92-25-20-71(126)95-49-28-61(115(8)36-49)81(132)99-53-33-62(116(9)40-53)82(133)96-50-29-58(111(4)37-50)78(129)91-24-19-69(124)89-23-17-27-110(2)3/h28-47H,16-27H2,1-15H3,(H,89,124)(H,90,128)(H,91,129)(H,92,130)(H,93,131)(H,94,123)(H,95,126)(H,96,133)(H,97,135)(H,98,134)(H,99,132)(H,100,138)(H,101,136)(H,102,137)(H,103,125)(H,104,127)(H,109,139). The lowest BCUT2D eigenvalue weighted by atomic mass is 10.3. The second-order valence-electron chi connectivity index (χ2n) is 32.9. The first kappa shape index (κ1) is 100. The molecule has 0 atom stereocenters. The van der Waals surface area contributed by atoms with Gasteiger partial charge in [0.15, 0.2) is 23.3 Å². The number of aryl methyl sites for hydroxylation is 12. The predicted molar refractivity (Wildman–Crippen MR) is 509 cm³/mol. The fourth-order valence-corrected chi connectivity index (χ4v) is 14.5. The van der Waals surface area contributed by atoms with E-state index in [9.17, 15) is 81.5 Å². The average molecular weight is 1910 g/mol. The van der Waals surface area contributed by atoms with Crippen molar-refractivity contribution in [3.05, 3.63) is 192 Å². The summed E-state index contributed by atoms with van der Waals surface area (Å²) in [5.41, 5.74) is 3.56. The fourth-order valence-electron chi connectivity index (χ4n) is 14.5. The van der Waals surface area contributed by atoms with E-state index in [0.717, 1.165) is 13.0 Å². The molecule has 0 spiro atoms. The van der Waals surface area contributed by atoms with Crippen LogP contribution in [0.5, 0.6) is 0 Å². The van der Waals surface area contributed by atoms with Crippen molar-refractivity contribution >= 4 is 169 Å². The van der Waals surface area contributed by atoms with E-state index in [-0.39, 0.29) is 185 Å². The summed E-state index contributed by atoms with van der Waals surface area (Å²) in [7, 11) is 22.9. The average Bonchev–Trinajstić information content (AvgIpc) is 1.67. The van der Waals surface area contributed by atoms with Crippen molar-refractivity contribution in [3.63, 3.8) is 0 Å². The Morgan fingerprint density at radius 1 is 0.230 bits per heavy atom. The molecule has 0 saturated heterocycles. The van der Waals surface area contributed by atoms with E-state index in [2.05, 4.69) is 110 Å². The van der Waals surface area contributed by atoms with E-state index in [4.69, 9.17) is 0 Å². The first-order valence-electron chi connectivity index (χ1n) is 43.1. The van der Waals surface area contributed by atoms with Gasteiger partial charge < -0.3 is 150 Å². The Hall–Kier alpha value is -18.0. The number of carbonyl (C=O) groups excluding carboxylic acids is 17. The van der Waals surface area contributed by atoms with Gasteiger partial charge >= 0.3 is 0 Å². The molecule has 12 rings (SSSR count). The molecule has 0 unspecified atom stereocenters. The molecule has 0 bridgehead atoms. The summed E-state index contributed by atoms with van der Waals surface area (Å²) in [5, 5.41) is 45.8. The quantitative estimate of drug-likeness (QED) is 0.0245. The van der Waals surface area contributed by atoms with Crippen LogP contribution in [0.1, 0.15) is 172 Å². The highest BCUT2D eigenvalue weighted by molar-refractivity contribution is 6.12. The maximum Gasteiger partial charge on any atom is 0.292 e. The molecular weight excluding hydrogens is 1810 g/mol. The number of carbonyl (C=O) groups is 17. The normalized spacial score (nSPS) is 11.0. The second kappa shape index (κ2) is 43.8. The molecule has 51 heteroatoms. The van der Waals surface area contributed by atoms with Gasteiger partial charge in [-0.1, -0.05) is 0 Å². The second-order valence-corrected chi connectivity index (χ2v) is 32.9. The van der Waals surface area contributed by atoms with Gasteiger partial charge in [-0.25, -0.2) is 19.9 Å². The number of anilines is 12. The van der Waals surface area contributed by atoms with Gasteiger partial charge in [0.05, 0.1) is 45.5 Å².